The van der Waals surface area contributed by atoms with Crippen LogP contribution in [0, 0.1) is 12.7 Å². The van der Waals surface area contributed by atoms with Gasteiger partial charge in [0, 0.05) is 17.0 Å². The minimum absolute atomic E-state index is 0.161. The van der Waals surface area contributed by atoms with E-state index in [2.05, 4.69) is 0 Å². The van der Waals surface area contributed by atoms with E-state index in [1.54, 1.807) is 25.1 Å². The van der Waals surface area contributed by atoms with E-state index in [1.807, 2.05) is 17.5 Å². The highest BCUT2D eigenvalue weighted by Gasteiger charge is 2.30. The van der Waals surface area contributed by atoms with Crippen LogP contribution in [0.15, 0.2) is 59.7 Å². The second kappa shape index (κ2) is 6.81. The Balaban J connectivity index is 1.63. The van der Waals surface area contributed by atoms with Crippen molar-refractivity contribution in [3.8, 4) is 11.5 Å². The Kier molecular flexibility index (Phi) is 4.33. The van der Waals surface area contributed by atoms with Crippen LogP contribution in [-0.2, 0) is 0 Å². The third-order valence-electron chi connectivity index (χ3n) is 4.06. The zero-order valence-corrected chi connectivity index (χ0v) is 15.0. The van der Waals surface area contributed by atoms with Gasteiger partial charge < -0.3 is 9.47 Å². The predicted molar refractivity (Wildman–Crippen MR) is 99.8 cm³/mol. The largest absolute Gasteiger partial charge is 0.452 e. The van der Waals surface area contributed by atoms with Gasteiger partial charge >= 0.3 is 5.97 Å². The maximum Gasteiger partial charge on any atom is 0.346 e. The Hall–Kier alpha value is -3.25. The molecule has 27 heavy (non-hydrogen) atoms. The summed E-state index contributed by atoms with van der Waals surface area (Å²) in [5.74, 6) is -0.973. The molecule has 134 valence electrons. The number of carbonyl (C=O) groups excluding carboxylic acids is 2. The Morgan fingerprint density at radius 1 is 1.19 bits per heavy atom. The molecule has 0 fully saturated rings. The lowest BCUT2D eigenvalue weighted by Crippen LogP contribution is -2.10. The Morgan fingerprint density at radius 2 is 2.00 bits per heavy atom. The predicted octanol–water partition coefficient (Wildman–Crippen LogP) is 5.03. The summed E-state index contributed by atoms with van der Waals surface area (Å²) in [7, 11) is 0. The molecule has 0 bridgehead atoms. The first-order valence-corrected chi connectivity index (χ1v) is 9.00. The molecule has 1 aromatic heterocycles. The molecule has 2 heterocycles. The number of fused-ring (bicyclic) bond motifs is 1. The van der Waals surface area contributed by atoms with Crippen molar-refractivity contribution in [2.45, 2.75) is 6.92 Å². The molecule has 0 amide bonds. The quantitative estimate of drug-likeness (QED) is 0.363. The molecule has 0 radical (unpaired) electrons. The average molecular weight is 380 g/mol. The SMILES string of the molecule is Cc1cc(OC(=O)c2ccccc2F)cc2c1C(=O)/C(=C/c1cccs1)O2. The summed E-state index contributed by atoms with van der Waals surface area (Å²) in [5.41, 5.74) is 0.887. The Bertz CT molecular complexity index is 1080. The van der Waals surface area contributed by atoms with Gasteiger partial charge in [0.2, 0.25) is 5.78 Å². The van der Waals surface area contributed by atoms with E-state index in [4.69, 9.17) is 9.47 Å². The highest BCUT2D eigenvalue weighted by Crippen LogP contribution is 2.38. The molecule has 0 spiro atoms. The van der Waals surface area contributed by atoms with Crippen molar-refractivity contribution in [2.24, 2.45) is 0 Å². The monoisotopic (exact) mass is 380 g/mol. The minimum Gasteiger partial charge on any atom is -0.452 e. The molecule has 0 atom stereocenters. The van der Waals surface area contributed by atoms with E-state index in [9.17, 15) is 14.0 Å². The molecule has 1 aliphatic heterocycles. The first kappa shape index (κ1) is 17.2. The lowest BCUT2D eigenvalue weighted by Gasteiger charge is -2.08. The number of esters is 1. The molecule has 6 heteroatoms. The zero-order valence-electron chi connectivity index (χ0n) is 14.2. The van der Waals surface area contributed by atoms with E-state index in [0.29, 0.717) is 16.9 Å². The van der Waals surface area contributed by atoms with E-state index in [-0.39, 0.29) is 22.9 Å². The van der Waals surface area contributed by atoms with Gasteiger partial charge in [0.05, 0.1) is 11.1 Å². The van der Waals surface area contributed by atoms with Gasteiger partial charge in [-0.2, -0.15) is 0 Å². The number of benzene rings is 2. The number of hydrogen-bond acceptors (Lipinski definition) is 5. The van der Waals surface area contributed by atoms with Crippen molar-refractivity contribution in [1.29, 1.82) is 0 Å². The van der Waals surface area contributed by atoms with Crippen LogP contribution in [0.1, 0.15) is 31.2 Å². The zero-order chi connectivity index (χ0) is 19.0. The van der Waals surface area contributed by atoms with Crippen LogP contribution in [0.2, 0.25) is 0 Å². The lowest BCUT2D eigenvalue weighted by atomic mass is 10.0. The van der Waals surface area contributed by atoms with Crippen molar-refractivity contribution >= 4 is 29.2 Å². The van der Waals surface area contributed by atoms with Gasteiger partial charge in [0.25, 0.3) is 0 Å². The second-order valence-electron chi connectivity index (χ2n) is 5.94. The summed E-state index contributed by atoms with van der Waals surface area (Å²) in [6.45, 7) is 1.73. The number of rotatable bonds is 3. The summed E-state index contributed by atoms with van der Waals surface area (Å²) in [6, 6.07) is 12.4. The van der Waals surface area contributed by atoms with Gasteiger partial charge in [-0.05, 0) is 42.1 Å². The maximum absolute atomic E-state index is 13.7. The first-order chi connectivity index (χ1) is 13.0. The van der Waals surface area contributed by atoms with Gasteiger partial charge in [-0.25, -0.2) is 9.18 Å². The van der Waals surface area contributed by atoms with Crippen molar-refractivity contribution in [3.05, 3.63) is 87.1 Å². The number of allylic oxidation sites excluding steroid dienone is 1. The van der Waals surface area contributed by atoms with Crippen LogP contribution in [0.5, 0.6) is 11.5 Å². The number of thiophene rings is 1. The van der Waals surface area contributed by atoms with Crippen LogP contribution in [0.25, 0.3) is 6.08 Å². The number of ketones is 1. The van der Waals surface area contributed by atoms with Crippen molar-refractivity contribution in [3.63, 3.8) is 0 Å². The van der Waals surface area contributed by atoms with Crippen molar-refractivity contribution in [1.82, 2.24) is 0 Å². The molecule has 0 saturated carbocycles. The minimum atomic E-state index is -0.814. The highest BCUT2D eigenvalue weighted by molar-refractivity contribution is 7.10. The van der Waals surface area contributed by atoms with E-state index in [0.717, 1.165) is 4.88 Å². The summed E-state index contributed by atoms with van der Waals surface area (Å²) >= 11 is 1.49. The van der Waals surface area contributed by atoms with Gasteiger partial charge in [-0.1, -0.05) is 18.2 Å². The van der Waals surface area contributed by atoms with Crippen molar-refractivity contribution < 1.29 is 23.5 Å². The third-order valence-corrected chi connectivity index (χ3v) is 4.88. The maximum atomic E-state index is 13.7. The van der Waals surface area contributed by atoms with E-state index < -0.39 is 11.8 Å². The molecule has 0 N–H and O–H groups in total. The summed E-state index contributed by atoms with van der Waals surface area (Å²) in [5, 5.41) is 1.91. The number of carbonyl (C=O) groups is 2. The molecular weight excluding hydrogens is 367 g/mol. The fraction of sp³-hybridized carbons (Fsp3) is 0.0476. The normalized spacial score (nSPS) is 14.1. The molecule has 4 nitrogen and oxygen atoms in total. The molecule has 1 aliphatic rings. The molecule has 0 unspecified atom stereocenters. The molecular formula is C21H13FO4S. The number of Topliss-reactive ketones (excluding diaryl/α,β-unsaturated/α-hetero) is 1. The van der Waals surface area contributed by atoms with Gasteiger partial charge in [-0.3, -0.25) is 4.79 Å². The Morgan fingerprint density at radius 3 is 2.74 bits per heavy atom. The van der Waals surface area contributed by atoms with Crippen LogP contribution < -0.4 is 9.47 Å². The van der Waals surface area contributed by atoms with E-state index in [1.165, 1.54) is 35.6 Å². The molecule has 0 aliphatic carbocycles. The van der Waals surface area contributed by atoms with Gasteiger partial charge in [0.15, 0.2) is 5.76 Å². The first-order valence-electron chi connectivity index (χ1n) is 8.12. The highest BCUT2D eigenvalue weighted by atomic mass is 32.1. The number of ether oxygens (including phenoxy) is 2. The number of aryl methyl sites for hydroxylation is 1. The van der Waals surface area contributed by atoms with Crippen LogP contribution in [0.4, 0.5) is 4.39 Å². The van der Waals surface area contributed by atoms with Crippen LogP contribution in [-0.4, -0.2) is 11.8 Å². The Labute approximate surface area is 158 Å². The molecule has 2 aromatic carbocycles. The van der Waals surface area contributed by atoms with E-state index >= 15 is 0 Å². The topological polar surface area (TPSA) is 52.6 Å². The second-order valence-corrected chi connectivity index (χ2v) is 6.92. The lowest BCUT2D eigenvalue weighted by molar-refractivity contribution is 0.0729. The fourth-order valence-corrected chi connectivity index (χ4v) is 3.47. The summed E-state index contributed by atoms with van der Waals surface area (Å²) in [6.07, 6.45) is 1.68. The van der Waals surface area contributed by atoms with Crippen LogP contribution in [0.3, 0.4) is 0 Å². The summed E-state index contributed by atoms with van der Waals surface area (Å²) < 4.78 is 24.7. The van der Waals surface area contributed by atoms with Gasteiger partial charge in [-0.15, -0.1) is 11.3 Å². The number of halogens is 1. The van der Waals surface area contributed by atoms with Gasteiger partial charge in [0.1, 0.15) is 17.3 Å². The molecule has 3 aromatic rings. The molecule has 0 saturated heterocycles. The number of hydrogen-bond donors (Lipinski definition) is 0. The smallest absolute Gasteiger partial charge is 0.346 e. The summed E-state index contributed by atoms with van der Waals surface area (Å²) in [4.78, 5) is 25.7. The standard InChI is InChI=1S/C21H13FO4S/c1-12-9-13(25-21(24)15-6-2-3-7-16(15)22)10-17-19(12)20(23)18(26-17)11-14-5-4-8-27-14/h2-11H,1H3/b18-11-. The molecule has 4 rings (SSSR count). The van der Waals surface area contributed by atoms with Crippen LogP contribution >= 0.6 is 11.3 Å². The fourth-order valence-electron chi connectivity index (χ4n) is 2.83. The van der Waals surface area contributed by atoms with Crippen molar-refractivity contribution in [2.75, 3.05) is 0 Å². The average Bonchev–Trinajstić information content (AvgIpc) is 3.24. The third kappa shape index (κ3) is 3.27.